The van der Waals surface area contributed by atoms with Crippen LogP contribution in [0.1, 0.15) is 35.7 Å². The first kappa shape index (κ1) is 22.5. The topological polar surface area (TPSA) is 117 Å². The number of hydrogen-bond donors (Lipinski definition) is 1. The van der Waals surface area contributed by atoms with E-state index in [4.69, 9.17) is 10.5 Å². The second kappa shape index (κ2) is 9.74. The number of Topliss-reactive ketones (excluding diaryl/α,β-unsaturated/α-hetero) is 1. The third-order valence-electron chi connectivity index (χ3n) is 5.54. The summed E-state index contributed by atoms with van der Waals surface area (Å²) in [5, 5.41) is 0. The predicted octanol–water partition coefficient (Wildman–Crippen LogP) is 0.635. The van der Waals surface area contributed by atoms with E-state index in [2.05, 4.69) is 0 Å². The standard InChI is InChI=1S/C22H28N4O5/c1-3-31-21(29)16-10-7-11-25(13-16)14-17(27)18-19(23)26(22(30)24(2)20(18)28)12-15-8-5-4-6-9-15/h4-6,8-9,16H,3,7,10-14,23H2,1-2H3/t16-/m0/s1. The Hall–Kier alpha value is -3.20. The Morgan fingerprint density at radius 2 is 1.90 bits per heavy atom. The zero-order chi connectivity index (χ0) is 22.5. The van der Waals surface area contributed by atoms with E-state index >= 15 is 0 Å². The molecule has 1 saturated heterocycles. The van der Waals surface area contributed by atoms with Gasteiger partial charge in [0.2, 0.25) is 0 Å². The molecule has 2 aromatic rings. The zero-order valence-electron chi connectivity index (χ0n) is 17.9. The van der Waals surface area contributed by atoms with Gasteiger partial charge in [0.15, 0.2) is 5.78 Å². The van der Waals surface area contributed by atoms with Gasteiger partial charge in [0, 0.05) is 13.6 Å². The first-order chi connectivity index (χ1) is 14.8. The van der Waals surface area contributed by atoms with Crippen LogP contribution in [0.4, 0.5) is 5.82 Å². The van der Waals surface area contributed by atoms with Gasteiger partial charge in [0.1, 0.15) is 11.4 Å². The van der Waals surface area contributed by atoms with Gasteiger partial charge < -0.3 is 10.5 Å². The van der Waals surface area contributed by atoms with Crippen LogP contribution < -0.4 is 17.0 Å². The van der Waals surface area contributed by atoms with E-state index in [0.29, 0.717) is 26.1 Å². The molecule has 31 heavy (non-hydrogen) atoms. The van der Waals surface area contributed by atoms with Crippen molar-refractivity contribution in [2.45, 2.75) is 26.3 Å². The second-order valence-corrected chi connectivity index (χ2v) is 7.73. The zero-order valence-corrected chi connectivity index (χ0v) is 17.9. The van der Waals surface area contributed by atoms with E-state index in [9.17, 15) is 19.2 Å². The maximum absolute atomic E-state index is 13.1. The molecule has 0 saturated carbocycles. The Labute approximate surface area is 180 Å². The summed E-state index contributed by atoms with van der Waals surface area (Å²) in [6, 6.07) is 9.19. The molecule has 1 aromatic heterocycles. The number of rotatable bonds is 7. The second-order valence-electron chi connectivity index (χ2n) is 7.73. The van der Waals surface area contributed by atoms with E-state index in [1.807, 2.05) is 35.2 Å². The van der Waals surface area contributed by atoms with Gasteiger partial charge in [-0.05, 0) is 31.9 Å². The van der Waals surface area contributed by atoms with E-state index < -0.39 is 17.0 Å². The number of benzene rings is 1. The molecule has 1 fully saturated rings. The molecule has 0 amide bonds. The molecule has 0 bridgehead atoms. The molecule has 9 heteroatoms. The van der Waals surface area contributed by atoms with Crippen molar-refractivity contribution in [2.24, 2.45) is 13.0 Å². The van der Waals surface area contributed by atoms with Crippen molar-refractivity contribution >= 4 is 17.6 Å². The number of nitrogens with two attached hydrogens (primary N) is 1. The number of ether oxygens (including phenoxy) is 1. The summed E-state index contributed by atoms with van der Waals surface area (Å²) >= 11 is 0. The number of hydrogen-bond acceptors (Lipinski definition) is 7. The normalized spacial score (nSPS) is 16.8. The largest absolute Gasteiger partial charge is 0.466 e. The third-order valence-corrected chi connectivity index (χ3v) is 5.54. The molecule has 3 rings (SSSR count). The lowest BCUT2D eigenvalue weighted by Gasteiger charge is -2.30. The fourth-order valence-corrected chi connectivity index (χ4v) is 3.90. The summed E-state index contributed by atoms with van der Waals surface area (Å²) in [7, 11) is 1.33. The van der Waals surface area contributed by atoms with Crippen molar-refractivity contribution in [1.29, 1.82) is 0 Å². The lowest BCUT2D eigenvalue weighted by molar-refractivity contribution is -0.149. The minimum Gasteiger partial charge on any atom is -0.466 e. The summed E-state index contributed by atoms with van der Waals surface area (Å²) in [5.41, 5.74) is 5.49. The molecule has 1 aliphatic rings. The van der Waals surface area contributed by atoms with Gasteiger partial charge in [-0.25, -0.2) is 4.79 Å². The molecular weight excluding hydrogens is 400 g/mol. The van der Waals surface area contributed by atoms with Crippen molar-refractivity contribution in [2.75, 3.05) is 32.0 Å². The van der Waals surface area contributed by atoms with Gasteiger partial charge in [-0.15, -0.1) is 0 Å². The molecule has 9 nitrogen and oxygen atoms in total. The first-order valence-electron chi connectivity index (χ1n) is 10.4. The number of anilines is 1. The van der Waals surface area contributed by atoms with Crippen molar-refractivity contribution in [3.05, 3.63) is 62.3 Å². The van der Waals surface area contributed by atoms with Crippen molar-refractivity contribution in [3.8, 4) is 0 Å². The smallest absolute Gasteiger partial charge is 0.332 e. The Bertz CT molecular complexity index is 1070. The van der Waals surface area contributed by atoms with Crippen molar-refractivity contribution in [1.82, 2.24) is 14.0 Å². The highest BCUT2D eigenvalue weighted by Gasteiger charge is 2.29. The van der Waals surface area contributed by atoms with Gasteiger partial charge >= 0.3 is 11.7 Å². The number of aromatic nitrogens is 2. The minimum absolute atomic E-state index is 0.0567. The van der Waals surface area contributed by atoms with E-state index in [0.717, 1.165) is 16.6 Å². The van der Waals surface area contributed by atoms with E-state index in [1.165, 1.54) is 11.6 Å². The number of carbonyl (C=O) groups is 2. The van der Waals surface area contributed by atoms with E-state index in [1.54, 1.807) is 6.92 Å². The van der Waals surface area contributed by atoms with Crippen LogP contribution in [0.25, 0.3) is 0 Å². The van der Waals surface area contributed by atoms with E-state index in [-0.39, 0.29) is 36.4 Å². The number of carbonyl (C=O) groups excluding carboxylic acids is 2. The Balaban J connectivity index is 1.86. The summed E-state index contributed by atoms with van der Waals surface area (Å²) in [6.07, 6.45) is 1.45. The average molecular weight is 428 g/mol. The summed E-state index contributed by atoms with van der Waals surface area (Å²) < 4.78 is 7.24. The average Bonchev–Trinajstić information content (AvgIpc) is 2.76. The Morgan fingerprint density at radius 3 is 2.58 bits per heavy atom. The van der Waals surface area contributed by atoms with Gasteiger partial charge in [0.05, 0.1) is 25.6 Å². The van der Waals surface area contributed by atoms with Gasteiger partial charge in [-0.3, -0.25) is 28.4 Å². The number of nitrogens with zero attached hydrogens (tertiary/aromatic N) is 3. The molecule has 1 aliphatic heterocycles. The molecular formula is C22H28N4O5. The Kier molecular flexibility index (Phi) is 7.06. The summed E-state index contributed by atoms with van der Waals surface area (Å²) in [4.78, 5) is 52.3. The lowest BCUT2D eigenvalue weighted by atomic mass is 9.97. The predicted molar refractivity (Wildman–Crippen MR) is 116 cm³/mol. The van der Waals surface area contributed by atoms with Crippen LogP contribution in [0.2, 0.25) is 0 Å². The molecule has 2 N–H and O–H groups in total. The van der Waals surface area contributed by atoms with Gasteiger partial charge in [0.25, 0.3) is 5.56 Å². The van der Waals surface area contributed by atoms with Crippen LogP contribution in [0.3, 0.4) is 0 Å². The minimum atomic E-state index is -0.712. The molecule has 0 radical (unpaired) electrons. The van der Waals surface area contributed by atoms with Crippen LogP contribution in [0, 0.1) is 5.92 Å². The highest BCUT2D eigenvalue weighted by Crippen LogP contribution is 2.19. The Morgan fingerprint density at radius 1 is 1.19 bits per heavy atom. The monoisotopic (exact) mass is 428 g/mol. The molecule has 0 aliphatic carbocycles. The first-order valence-corrected chi connectivity index (χ1v) is 10.4. The summed E-state index contributed by atoms with van der Waals surface area (Å²) in [5.74, 6) is -1.18. The number of esters is 1. The molecule has 1 atom stereocenters. The van der Waals surface area contributed by atoms with Gasteiger partial charge in [-0.2, -0.15) is 0 Å². The highest BCUT2D eigenvalue weighted by molar-refractivity contribution is 6.01. The fourth-order valence-electron chi connectivity index (χ4n) is 3.90. The molecule has 1 aromatic carbocycles. The fraction of sp³-hybridized carbons (Fsp3) is 0.455. The van der Waals surface area contributed by atoms with Crippen LogP contribution in [0.15, 0.2) is 39.9 Å². The number of likely N-dealkylation sites (tertiary alicyclic amines) is 1. The van der Waals surface area contributed by atoms with Crippen LogP contribution in [0.5, 0.6) is 0 Å². The van der Waals surface area contributed by atoms with Crippen LogP contribution in [-0.2, 0) is 23.1 Å². The van der Waals surface area contributed by atoms with Crippen molar-refractivity contribution < 1.29 is 14.3 Å². The summed E-state index contributed by atoms with van der Waals surface area (Å²) in [6.45, 7) is 3.17. The molecule has 0 spiro atoms. The van der Waals surface area contributed by atoms with Crippen LogP contribution in [-0.4, -0.2) is 52.0 Å². The SMILES string of the molecule is CCOC(=O)[C@H]1CCCN(CC(=O)c2c(N)n(Cc3ccccc3)c(=O)n(C)c2=O)C1. The lowest BCUT2D eigenvalue weighted by Crippen LogP contribution is -2.46. The molecule has 166 valence electrons. The third kappa shape index (κ3) is 4.93. The number of nitrogen functional groups attached to an aromatic ring is 1. The molecule has 0 unspecified atom stereocenters. The van der Waals surface area contributed by atoms with Crippen LogP contribution >= 0.6 is 0 Å². The molecule has 2 heterocycles. The number of piperidine rings is 1. The maximum atomic E-state index is 13.1. The van der Waals surface area contributed by atoms with Crippen molar-refractivity contribution in [3.63, 3.8) is 0 Å². The quantitative estimate of drug-likeness (QED) is 0.508. The highest BCUT2D eigenvalue weighted by atomic mass is 16.5. The van der Waals surface area contributed by atoms with Gasteiger partial charge in [-0.1, -0.05) is 30.3 Å². The maximum Gasteiger partial charge on any atom is 0.332 e. The number of ketones is 1.